The predicted molar refractivity (Wildman–Crippen MR) is 142 cm³/mol. The molecule has 0 aromatic rings. The minimum absolute atomic E-state index is 0.0180. The minimum Gasteiger partial charge on any atom is -0.547 e. The van der Waals surface area contributed by atoms with Gasteiger partial charge in [-0.25, -0.2) is 5.32 Å². The van der Waals surface area contributed by atoms with E-state index < -0.39 is 79.5 Å². The number of hydrogen-bond acceptors (Lipinski definition) is 11. The highest BCUT2D eigenvalue weighted by Crippen LogP contribution is 2.32. The van der Waals surface area contributed by atoms with E-state index in [0.29, 0.717) is 12.5 Å². The van der Waals surface area contributed by atoms with Crippen LogP contribution in [-0.2, 0) is 28.5 Å². The first-order valence-corrected chi connectivity index (χ1v) is 14.1. The molecule has 0 radical (unpaired) electrons. The molecule has 12 N–H and O–H groups in total. The van der Waals surface area contributed by atoms with E-state index in [-0.39, 0.29) is 12.4 Å². The van der Waals surface area contributed by atoms with Crippen LogP contribution in [0.4, 0.5) is 0 Å². The van der Waals surface area contributed by atoms with Gasteiger partial charge in [0.25, 0.3) is 0 Å². The van der Waals surface area contributed by atoms with Crippen molar-refractivity contribution in [2.45, 2.75) is 88.2 Å². The molecule has 2 saturated heterocycles. The van der Waals surface area contributed by atoms with Crippen LogP contribution in [0.15, 0.2) is 0 Å². The molecule has 2 aliphatic rings. The molecule has 0 saturated carbocycles. The van der Waals surface area contributed by atoms with E-state index in [9.17, 15) is 35.1 Å². The van der Waals surface area contributed by atoms with Gasteiger partial charge in [0, 0.05) is 18.9 Å². The number of amides is 1. The normalized spacial score (nSPS) is 34.2. The largest absolute Gasteiger partial charge is 0.547 e. The van der Waals surface area contributed by atoms with Crippen LogP contribution in [0.3, 0.4) is 0 Å². The van der Waals surface area contributed by atoms with Gasteiger partial charge in [-0.05, 0) is 19.3 Å². The third kappa shape index (κ3) is 9.70. The van der Waals surface area contributed by atoms with E-state index in [4.69, 9.17) is 30.4 Å². The molecule has 2 aliphatic heterocycles. The van der Waals surface area contributed by atoms with Crippen LogP contribution < -0.4 is 37.2 Å². The molecule has 0 aromatic heterocycles. The predicted octanol–water partition coefficient (Wildman–Crippen LogP) is -8.38. The Morgan fingerprint density at radius 2 is 1.52 bits per heavy atom. The molecule has 1 amide bonds. The van der Waals surface area contributed by atoms with Crippen molar-refractivity contribution in [2.24, 2.45) is 23.3 Å². The monoisotopic (exact) mass is 607 g/mol. The second-order valence-corrected chi connectivity index (χ2v) is 10.3. The summed E-state index contributed by atoms with van der Waals surface area (Å²) < 4.78 is 21.2. The average molecular weight is 608 g/mol. The molecule has 0 spiro atoms. The molecule has 0 bridgehead atoms. The molecule has 0 aliphatic carbocycles. The first kappa shape index (κ1) is 35.6. The summed E-state index contributed by atoms with van der Waals surface area (Å²) in [6.07, 6.45) is -8.47. The Morgan fingerprint density at radius 1 is 0.905 bits per heavy atom. The number of carbonyl (C=O) groups is 2. The summed E-state index contributed by atoms with van der Waals surface area (Å²) in [6, 6.07) is 0. The number of aliphatic hydroxyl groups is 4. The quantitative estimate of drug-likeness (QED) is 0.0499. The van der Waals surface area contributed by atoms with Crippen molar-refractivity contribution in [3.63, 3.8) is 0 Å². The average Bonchev–Trinajstić information content (AvgIpc) is 2.96. The molecular weight excluding hydrogens is 560 g/mol. The molecule has 2 heterocycles. The smallest absolute Gasteiger partial charge is 0.348 e. The molecule has 2 fully saturated rings. The van der Waals surface area contributed by atoms with Gasteiger partial charge in [0.15, 0.2) is 18.7 Å². The van der Waals surface area contributed by atoms with Crippen LogP contribution in [0.2, 0.25) is 0 Å². The van der Waals surface area contributed by atoms with Gasteiger partial charge in [-0.1, -0.05) is 19.8 Å². The minimum atomic E-state index is -1.73. The van der Waals surface area contributed by atoms with Crippen LogP contribution in [0, 0.1) is 11.8 Å². The summed E-state index contributed by atoms with van der Waals surface area (Å²) >= 11 is 0. The number of ether oxygens (including phenoxy) is 4. The Balaban J connectivity index is 1.94. The lowest BCUT2D eigenvalue weighted by molar-refractivity contribution is -0.460. The number of unbranched alkanes of at least 4 members (excludes halogenated alkanes) is 3. The van der Waals surface area contributed by atoms with Gasteiger partial charge in [-0.15, -0.1) is 0 Å². The van der Waals surface area contributed by atoms with Crippen molar-refractivity contribution >= 4 is 23.8 Å². The summed E-state index contributed by atoms with van der Waals surface area (Å²) in [5, 5.41) is 59.1. The van der Waals surface area contributed by atoms with Gasteiger partial charge >= 0.3 is 17.8 Å². The first-order chi connectivity index (χ1) is 20.0. The number of aliphatic carboxylic acids is 1. The Kier molecular flexibility index (Phi) is 14.8. The third-order valence-electron chi connectivity index (χ3n) is 7.38. The Labute approximate surface area is 244 Å². The highest BCUT2D eigenvalue weighted by Gasteiger charge is 2.50. The zero-order chi connectivity index (χ0) is 31.4. The second-order valence-electron chi connectivity index (χ2n) is 10.3. The molecular formula is C25H47N6O11+. The number of carboxylic acid groups (broad SMARTS) is 1. The maximum atomic E-state index is 13.0. The lowest BCUT2D eigenvalue weighted by atomic mass is 9.86. The number of methoxy groups -OCH3 is 1. The Hall–Kier alpha value is -2.64. The molecule has 2 rings (SSSR count). The summed E-state index contributed by atoms with van der Waals surface area (Å²) in [7, 11) is 2.89. The zero-order valence-electron chi connectivity index (χ0n) is 24.2. The Morgan fingerprint density at radius 3 is 2.14 bits per heavy atom. The highest BCUT2D eigenvalue weighted by molar-refractivity contribution is 5.96. The van der Waals surface area contributed by atoms with Crippen LogP contribution in [0.5, 0.6) is 0 Å². The number of rotatable bonds is 14. The fraction of sp³-hybridized carbons (Fsp3) is 0.840. The number of guanidine groups is 2. The summed E-state index contributed by atoms with van der Waals surface area (Å²) in [6.45, 7) is 2.35. The lowest BCUT2D eigenvalue weighted by Gasteiger charge is -2.44. The van der Waals surface area contributed by atoms with E-state index in [1.807, 2.05) is 0 Å². The fourth-order valence-electron chi connectivity index (χ4n) is 4.89. The molecule has 242 valence electrons. The number of nitrogens with one attached hydrogen (secondary N) is 4. The van der Waals surface area contributed by atoms with E-state index >= 15 is 0 Å². The Bertz CT molecular complexity index is 925. The van der Waals surface area contributed by atoms with E-state index in [1.54, 1.807) is 14.0 Å². The van der Waals surface area contributed by atoms with Crippen LogP contribution in [0.25, 0.3) is 0 Å². The third-order valence-corrected chi connectivity index (χ3v) is 7.38. The summed E-state index contributed by atoms with van der Waals surface area (Å²) in [5.41, 5.74) is 11.6. The van der Waals surface area contributed by atoms with E-state index in [1.165, 1.54) is 0 Å². The van der Waals surface area contributed by atoms with Crippen molar-refractivity contribution in [2.75, 3.05) is 33.9 Å². The molecule has 17 heteroatoms. The number of hydrogen-bond donors (Lipinski definition) is 10. The van der Waals surface area contributed by atoms with Crippen molar-refractivity contribution in [1.29, 1.82) is 0 Å². The molecule has 42 heavy (non-hydrogen) atoms. The summed E-state index contributed by atoms with van der Waals surface area (Å²) in [4.78, 5) is 30.4. The number of nitrogens with two attached hydrogens (primary N) is 2. The SMILES string of the molecule is CC[C@@H]1C(C(=O)NC(N)=[NH+]CCCCCCNC(N)=[NH+]C)O[C@@H](OC[C@@H]2C(C(=O)[O-])O[C@@H](OC)C(O)[C@@H]2O)C(O)[C@@H]1O. The number of carboxylic acids is 1. The maximum absolute atomic E-state index is 13.0. The topological polar surface area (TPSA) is 279 Å². The molecule has 0 aromatic carbocycles. The van der Waals surface area contributed by atoms with E-state index in [2.05, 4.69) is 20.6 Å². The van der Waals surface area contributed by atoms with Crippen molar-refractivity contribution in [3.8, 4) is 0 Å². The number of carbonyl (C=O) groups excluding carboxylic acids is 2. The first-order valence-electron chi connectivity index (χ1n) is 14.1. The van der Waals surface area contributed by atoms with Gasteiger partial charge in [0.05, 0.1) is 44.9 Å². The van der Waals surface area contributed by atoms with E-state index in [0.717, 1.165) is 39.3 Å². The summed E-state index contributed by atoms with van der Waals surface area (Å²) in [5.74, 6) is -4.05. The molecule has 17 nitrogen and oxygen atoms in total. The molecule has 4 unspecified atom stereocenters. The molecule has 10 atom stereocenters. The van der Waals surface area contributed by atoms with Crippen LogP contribution in [-0.4, -0.2) is 127 Å². The number of aliphatic hydroxyl groups excluding tert-OH is 4. The van der Waals surface area contributed by atoms with Gasteiger partial charge in [0.2, 0.25) is 0 Å². The van der Waals surface area contributed by atoms with Gasteiger partial charge < -0.3 is 49.3 Å². The van der Waals surface area contributed by atoms with Crippen molar-refractivity contribution < 1.29 is 64.1 Å². The van der Waals surface area contributed by atoms with Gasteiger partial charge in [-0.2, -0.15) is 0 Å². The second kappa shape index (κ2) is 17.5. The standard InChI is InChI=1S/C25H46N6O11/c1-4-12-14(32)17(35)23(40-11-13-15(33)16(34)22(39-3)42-19(13)21(37)38)41-18(12)20(36)31-25(27)30-10-8-6-5-7-9-29-24(26)28-2/h12-19,22-23,32-35H,4-11H2,1-3H3,(H,37,38)(H3,26,28,29)(H3,27,30,31,36)/p+1/t12-,13-,14+,15+,16?,17?,18?,19?,22+,23+/m0/s1. The maximum Gasteiger partial charge on any atom is 0.348 e. The van der Waals surface area contributed by atoms with Gasteiger partial charge in [0.1, 0.15) is 18.3 Å². The highest BCUT2D eigenvalue weighted by atomic mass is 16.7. The van der Waals surface area contributed by atoms with Crippen LogP contribution >= 0.6 is 0 Å². The van der Waals surface area contributed by atoms with Gasteiger partial charge in [-0.3, -0.25) is 31.6 Å². The fourth-order valence-corrected chi connectivity index (χ4v) is 4.89. The zero-order valence-corrected chi connectivity index (χ0v) is 24.2. The van der Waals surface area contributed by atoms with Crippen molar-refractivity contribution in [3.05, 3.63) is 0 Å². The lowest BCUT2D eigenvalue weighted by Crippen LogP contribution is -2.79. The van der Waals surface area contributed by atoms with Crippen LogP contribution in [0.1, 0.15) is 39.0 Å². The van der Waals surface area contributed by atoms with Crippen molar-refractivity contribution in [1.82, 2.24) is 10.6 Å².